The Morgan fingerprint density at radius 1 is 1.31 bits per heavy atom. The van der Waals surface area contributed by atoms with Crippen molar-refractivity contribution in [3.05, 3.63) is 12.2 Å². The summed E-state index contributed by atoms with van der Waals surface area (Å²) < 4.78 is 0. The van der Waals surface area contributed by atoms with E-state index in [0.717, 1.165) is 18.4 Å². The lowest BCUT2D eigenvalue weighted by Gasteiger charge is -2.31. The summed E-state index contributed by atoms with van der Waals surface area (Å²) in [5, 5.41) is 3.58. The molecule has 0 spiro atoms. The van der Waals surface area contributed by atoms with E-state index < -0.39 is 0 Å². The number of nitrogens with zero attached hydrogens (tertiary/aromatic N) is 1. The summed E-state index contributed by atoms with van der Waals surface area (Å²) in [5.41, 5.74) is 0. The molecule has 0 aromatic heterocycles. The van der Waals surface area contributed by atoms with E-state index in [2.05, 4.69) is 43.1 Å². The average Bonchev–Trinajstić information content (AvgIpc) is 2.27. The van der Waals surface area contributed by atoms with Gasteiger partial charge in [-0.2, -0.15) is 0 Å². The molecule has 1 saturated heterocycles. The van der Waals surface area contributed by atoms with Crippen LogP contribution in [0.15, 0.2) is 12.2 Å². The molecule has 0 aromatic carbocycles. The quantitative estimate of drug-likeness (QED) is 0.697. The van der Waals surface area contributed by atoms with Crippen LogP contribution in [0, 0.1) is 11.8 Å². The smallest absolute Gasteiger partial charge is 0.0163 e. The molecule has 0 aliphatic carbocycles. The molecule has 1 aliphatic rings. The first-order valence-corrected chi connectivity index (χ1v) is 6.76. The van der Waals surface area contributed by atoms with Gasteiger partial charge in [0.25, 0.3) is 0 Å². The Morgan fingerprint density at radius 2 is 2.00 bits per heavy atom. The van der Waals surface area contributed by atoms with Crippen LogP contribution in [0.4, 0.5) is 0 Å². The van der Waals surface area contributed by atoms with Crippen LogP contribution in [0.25, 0.3) is 0 Å². The highest BCUT2D eigenvalue weighted by molar-refractivity contribution is 4.83. The van der Waals surface area contributed by atoms with E-state index in [1.807, 2.05) is 0 Å². The van der Waals surface area contributed by atoms with Gasteiger partial charge in [-0.15, -0.1) is 0 Å². The molecular weight excluding hydrogens is 196 g/mol. The molecule has 0 aromatic rings. The van der Waals surface area contributed by atoms with Gasteiger partial charge in [0, 0.05) is 6.54 Å². The second kappa shape index (κ2) is 7.86. The second-order valence-corrected chi connectivity index (χ2v) is 5.37. The van der Waals surface area contributed by atoms with Gasteiger partial charge in [-0.3, -0.25) is 4.90 Å². The zero-order valence-electron chi connectivity index (χ0n) is 11.2. The highest BCUT2D eigenvalue weighted by Crippen LogP contribution is 2.16. The summed E-state index contributed by atoms with van der Waals surface area (Å²) >= 11 is 0. The van der Waals surface area contributed by atoms with E-state index in [0.29, 0.717) is 0 Å². The Kier molecular flexibility index (Phi) is 6.74. The van der Waals surface area contributed by atoms with Gasteiger partial charge in [0.2, 0.25) is 0 Å². The summed E-state index contributed by atoms with van der Waals surface area (Å²) in [7, 11) is 0. The van der Waals surface area contributed by atoms with Gasteiger partial charge < -0.3 is 5.32 Å². The highest BCUT2D eigenvalue weighted by atomic mass is 15.1. The fourth-order valence-electron chi connectivity index (χ4n) is 2.20. The van der Waals surface area contributed by atoms with Crippen molar-refractivity contribution in [2.24, 2.45) is 11.8 Å². The molecule has 0 amide bonds. The largest absolute Gasteiger partial charge is 0.316 e. The first-order valence-electron chi connectivity index (χ1n) is 6.76. The van der Waals surface area contributed by atoms with Gasteiger partial charge >= 0.3 is 0 Å². The zero-order valence-corrected chi connectivity index (χ0v) is 11.2. The minimum Gasteiger partial charge on any atom is -0.316 e. The fourth-order valence-corrected chi connectivity index (χ4v) is 2.20. The standard InChI is InChI=1S/C14H28N2/c1-4-5-8-16-9-6-14(7-10-16)12-15-11-13(2)3/h4-5,13-15H,6-12H2,1-3H3. The molecule has 16 heavy (non-hydrogen) atoms. The third kappa shape index (κ3) is 5.66. The molecular formula is C14H28N2. The first kappa shape index (κ1) is 13.7. The molecule has 0 saturated carbocycles. The highest BCUT2D eigenvalue weighted by Gasteiger charge is 2.17. The van der Waals surface area contributed by atoms with Crippen molar-refractivity contribution in [2.45, 2.75) is 33.6 Å². The fraction of sp³-hybridized carbons (Fsp3) is 0.857. The van der Waals surface area contributed by atoms with Crippen LogP contribution < -0.4 is 5.32 Å². The SMILES string of the molecule is CC=CCN1CCC(CNCC(C)C)CC1. The number of nitrogens with one attached hydrogen (secondary N) is 1. The van der Waals surface area contributed by atoms with E-state index in [1.165, 1.54) is 39.0 Å². The van der Waals surface area contributed by atoms with Gasteiger partial charge in [0.15, 0.2) is 0 Å². The monoisotopic (exact) mass is 224 g/mol. The molecule has 1 aliphatic heterocycles. The zero-order chi connectivity index (χ0) is 11.8. The Balaban J connectivity index is 2.07. The van der Waals surface area contributed by atoms with E-state index in [9.17, 15) is 0 Å². The van der Waals surface area contributed by atoms with E-state index in [1.54, 1.807) is 0 Å². The Labute approximate surface area is 101 Å². The van der Waals surface area contributed by atoms with Crippen LogP contribution in [0.2, 0.25) is 0 Å². The summed E-state index contributed by atoms with van der Waals surface area (Å²) in [5.74, 6) is 1.68. The molecule has 2 heteroatoms. The van der Waals surface area contributed by atoms with Crippen molar-refractivity contribution in [3.63, 3.8) is 0 Å². The third-order valence-electron chi connectivity index (χ3n) is 3.29. The lowest BCUT2D eigenvalue weighted by molar-refractivity contribution is 0.197. The molecule has 1 rings (SSSR count). The molecule has 0 radical (unpaired) electrons. The molecule has 1 heterocycles. The molecule has 1 fully saturated rings. The molecule has 1 N–H and O–H groups in total. The number of hydrogen-bond donors (Lipinski definition) is 1. The maximum Gasteiger partial charge on any atom is 0.0163 e. The number of likely N-dealkylation sites (tertiary alicyclic amines) is 1. The van der Waals surface area contributed by atoms with Gasteiger partial charge in [-0.25, -0.2) is 0 Å². The van der Waals surface area contributed by atoms with Crippen LogP contribution in [0.1, 0.15) is 33.6 Å². The van der Waals surface area contributed by atoms with E-state index >= 15 is 0 Å². The van der Waals surface area contributed by atoms with Crippen LogP contribution in [0.5, 0.6) is 0 Å². The average molecular weight is 224 g/mol. The van der Waals surface area contributed by atoms with Crippen molar-refractivity contribution in [3.8, 4) is 0 Å². The summed E-state index contributed by atoms with van der Waals surface area (Å²) in [6.45, 7) is 12.7. The number of rotatable bonds is 6. The van der Waals surface area contributed by atoms with Gasteiger partial charge in [0.1, 0.15) is 0 Å². The maximum atomic E-state index is 3.58. The van der Waals surface area contributed by atoms with Gasteiger partial charge in [-0.05, 0) is 57.8 Å². The van der Waals surface area contributed by atoms with E-state index in [4.69, 9.17) is 0 Å². The van der Waals surface area contributed by atoms with Crippen LogP contribution >= 0.6 is 0 Å². The Bertz CT molecular complexity index is 191. The first-order chi connectivity index (χ1) is 7.72. The topological polar surface area (TPSA) is 15.3 Å². The van der Waals surface area contributed by atoms with Crippen molar-refractivity contribution in [1.29, 1.82) is 0 Å². The molecule has 0 unspecified atom stereocenters. The Morgan fingerprint density at radius 3 is 2.56 bits per heavy atom. The Hall–Kier alpha value is -0.340. The van der Waals surface area contributed by atoms with E-state index in [-0.39, 0.29) is 0 Å². The normalized spacial score (nSPS) is 20.0. The number of hydrogen-bond acceptors (Lipinski definition) is 2. The molecule has 94 valence electrons. The lowest BCUT2D eigenvalue weighted by atomic mass is 9.96. The molecule has 0 atom stereocenters. The minimum absolute atomic E-state index is 0.773. The molecule has 2 nitrogen and oxygen atoms in total. The second-order valence-electron chi connectivity index (χ2n) is 5.37. The predicted octanol–water partition coefficient (Wildman–Crippen LogP) is 2.52. The van der Waals surface area contributed by atoms with Crippen LogP contribution in [-0.2, 0) is 0 Å². The predicted molar refractivity (Wildman–Crippen MR) is 71.7 cm³/mol. The van der Waals surface area contributed by atoms with Crippen LogP contribution in [0.3, 0.4) is 0 Å². The van der Waals surface area contributed by atoms with Crippen molar-refractivity contribution in [1.82, 2.24) is 10.2 Å². The lowest BCUT2D eigenvalue weighted by Crippen LogP contribution is -2.37. The number of allylic oxidation sites excluding steroid dienone is 1. The number of piperidine rings is 1. The van der Waals surface area contributed by atoms with Crippen molar-refractivity contribution in [2.75, 3.05) is 32.7 Å². The third-order valence-corrected chi connectivity index (χ3v) is 3.29. The van der Waals surface area contributed by atoms with Crippen LogP contribution in [-0.4, -0.2) is 37.6 Å². The van der Waals surface area contributed by atoms with Crippen molar-refractivity contribution >= 4 is 0 Å². The minimum atomic E-state index is 0.773. The van der Waals surface area contributed by atoms with Gasteiger partial charge in [-0.1, -0.05) is 26.0 Å². The van der Waals surface area contributed by atoms with Gasteiger partial charge in [0.05, 0.1) is 0 Å². The summed E-state index contributed by atoms with van der Waals surface area (Å²) in [6.07, 6.45) is 7.14. The maximum absolute atomic E-state index is 3.58. The molecule has 0 bridgehead atoms. The van der Waals surface area contributed by atoms with Crippen molar-refractivity contribution < 1.29 is 0 Å². The summed E-state index contributed by atoms with van der Waals surface area (Å²) in [6, 6.07) is 0. The summed E-state index contributed by atoms with van der Waals surface area (Å²) in [4.78, 5) is 2.55.